The number of nitrogens with one attached hydrogen (secondary N) is 1. The molecule has 0 radical (unpaired) electrons. The van der Waals surface area contributed by atoms with Gasteiger partial charge in [-0.3, -0.25) is 48.8 Å². The third kappa shape index (κ3) is 11.8. The van der Waals surface area contributed by atoms with Crippen LogP contribution in [-0.4, -0.2) is 120 Å². The van der Waals surface area contributed by atoms with Crippen molar-refractivity contribution in [3.63, 3.8) is 0 Å². The molecule has 0 bridgehead atoms. The van der Waals surface area contributed by atoms with Crippen molar-refractivity contribution < 1.29 is 34.5 Å². The van der Waals surface area contributed by atoms with E-state index in [1.807, 2.05) is 36.4 Å². The van der Waals surface area contributed by atoms with Gasteiger partial charge in [0.1, 0.15) is 0 Å². The van der Waals surface area contributed by atoms with Gasteiger partial charge in [0, 0.05) is 75.5 Å². The molecule has 0 aliphatic heterocycles. The number of nitrogens with zero attached hydrogens (tertiary/aromatic N) is 6. The SMILES string of the molecule is O=C(O)CN(CC(=O)O)C1CCCCC1N(CC(=O)O)Cc1ccc(C(=O)NCCN(CCc2ccccn2)Cc2ccccn2)cn1. The molecule has 3 aromatic rings. The summed E-state index contributed by atoms with van der Waals surface area (Å²) in [4.78, 5) is 66.5. The fourth-order valence-electron chi connectivity index (χ4n) is 6.14. The van der Waals surface area contributed by atoms with Crippen molar-refractivity contribution in [2.45, 2.75) is 57.3 Å². The summed E-state index contributed by atoms with van der Waals surface area (Å²) < 4.78 is 0. The van der Waals surface area contributed by atoms with Crippen molar-refractivity contribution in [2.75, 3.05) is 39.3 Å². The Bertz CT molecular complexity index is 1460. The van der Waals surface area contributed by atoms with E-state index in [0.717, 1.165) is 37.2 Å². The van der Waals surface area contributed by atoms with Gasteiger partial charge in [-0.05, 0) is 49.2 Å². The zero-order chi connectivity index (χ0) is 34.3. The molecule has 4 N–H and O–H groups in total. The Balaban J connectivity index is 1.37. The van der Waals surface area contributed by atoms with Gasteiger partial charge < -0.3 is 20.6 Å². The zero-order valence-corrected chi connectivity index (χ0v) is 26.9. The number of rotatable bonds is 19. The maximum Gasteiger partial charge on any atom is 0.317 e. The fourth-order valence-corrected chi connectivity index (χ4v) is 6.14. The second kappa shape index (κ2) is 18.5. The number of hydrogen-bond acceptors (Lipinski definition) is 10. The van der Waals surface area contributed by atoms with E-state index in [2.05, 4.69) is 25.2 Å². The topological polar surface area (TPSA) is 189 Å². The molecule has 1 aliphatic carbocycles. The Morgan fingerprint density at radius 3 is 1.83 bits per heavy atom. The van der Waals surface area contributed by atoms with Crippen LogP contribution in [0.4, 0.5) is 0 Å². The number of carbonyl (C=O) groups is 4. The Labute approximate surface area is 279 Å². The minimum absolute atomic E-state index is 0.141. The summed E-state index contributed by atoms with van der Waals surface area (Å²) in [5.74, 6) is -3.64. The molecule has 1 fully saturated rings. The third-order valence-corrected chi connectivity index (χ3v) is 8.33. The van der Waals surface area contributed by atoms with Gasteiger partial charge >= 0.3 is 17.9 Å². The molecule has 0 aromatic carbocycles. The van der Waals surface area contributed by atoms with Crippen LogP contribution in [0.3, 0.4) is 0 Å². The van der Waals surface area contributed by atoms with Crippen molar-refractivity contribution in [2.24, 2.45) is 0 Å². The van der Waals surface area contributed by atoms with Crippen LogP contribution >= 0.6 is 0 Å². The van der Waals surface area contributed by atoms with Gasteiger partial charge in [0.2, 0.25) is 0 Å². The van der Waals surface area contributed by atoms with Crippen LogP contribution in [-0.2, 0) is 33.9 Å². The number of carboxylic acids is 3. The van der Waals surface area contributed by atoms with Crippen LogP contribution in [0.15, 0.2) is 67.1 Å². The predicted molar refractivity (Wildman–Crippen MR) is 175 cm³/mol. The van der Waals surface area contributed by atoms with E-state index in [1.54, 1.807) is 29.4 Å². The molecule has 14 heteroatoms. The van der Waals surface area contributed by atoms with Crippen molar-refractivity contribution in [3.05, 3.63) is 89.8 Å². The summed E-state index contributed by atoms with van der Waals surface area (Å²) in [7, 11) is 0. The lowest BCUT2D eigenvalue weighted by atomic mass is 9.87. The molecule has 0 saturated heterocycles. The second-order valence-corrected chi connectivity index (χ2v) is 11.9. The summed E-state index contributed by atoms with van der Waals surface area (Å²) in [5.41, 5.74) is 2.81. The number of carboxylic acid groups (broad SMARTS) is 3. The lowest BCUT2D eigenvalue weighted by Crippen LogP contribution is -2.56. The van der Waals surface area contributed by atoms with Crippen LogP contribution in [0.1, 0.15) is 53.1 Å². The Hall–Kier alpha value is -4.79. The number of carbonyl (C=O) groups excluding carboxylic acids is 1. The van der Waals surface area contributed by atoms with E-state index in [0.29, 0.717) is 43.7 Å². The molecule has 1 saturated carbocycles. The molecular weight excluding hydrogens is 618 g/mol. The van der Waals surface area contributed by atoms with Gasteiger partial charge in [-0.1, -0.05) is 25.0 Å². The molecule has 1 aliphatic rings. The lowest BCUT2D eigenvalue weighted by Gasteiger charge is -2.43. The molecule has 2 atom stereocenters. The van der Waals surface area contributed by atoms with E-state index in [4.69, 9.17) is 0 Å². The smallest absolute Gasteiger partial charge is 0.317 e. The highest BCUT2D eigenvalue weighted by atomic mass is 16.4. The normalized spacial score (nSPS) is 16.2. The van der Waals surface area contributed by atoms with E-state index in [9.17, 15) is 34.5 Å². The first kappa shape index (κ1) is 36.1. The van der Waals surface area contributed by atoms with Crippen LogP contribution in [0, 0.1) is 0 Å². The van der Waals surface area contributed by atoms with Gasteiger partial charge in [-0.15, -0.1) is 0 Å². The summed E-state index contributed by atoms with van der Waals surface area (Å²) in [5, 5.41) is 31.5. The van der Waals surface area contributed by atoms with E-state index in [1.165, 1.54) is 11.1 Å². The van der Waals surface area contributed by atoms with Crippen molar-refractivity contribution in [1.29, 1.82) is 0 Å². The largest absolute Gasteiger partial charge is 0.480 e. The van der Waals surface area contributed by atoms with E-state index >= 15 is 0 Å². The Morgan fingerprint density at radius 1 is 0.688 bits per heavy atom. The summed E-state index contributed by atoms with van der Waals surface area (Å²) in [6.45, 7) is 1.25. The minimum Gasteiger partial charge on any atom is -0.480 e. The summed E-state index contributed by atoms with van der Waals surface area (Å²) in [6.07, 6.45) is 8.47. The lowest BCUT2D eigenvalue weighted by molar-refractivity contribution is -0.146. The summed E-state index contributed by atoms with van der Waals surface area (Å²) in [6, 6.07) is 14.1. The Kier molecular flexibility index (Phi) is 13.9. The molecule has 0 spiro atoms. The van der Waals surface area contributed by atoms with Gasteiger partial charge in [0.05, 0.1) is 36.6 Å². The molecule has 48 heavy (non-hydrogen) atoms. The average molecular weight is 662 g/mol. The number of hydrogen-bond donors (Lipinski definition) is 4. The third-order valence-electron chi connectivity index (χ3n) is 8.33. The summed E-state index contributed by atoms with van der Waals surface area (Å²) >= 11 is 0. The van der Waals surface area contributed by atoms with Crippen LogP contribution in [0.2, 0.25) is 0 Å². The number of pyridine rings is 3. The molecule has 2 unspecified atom stereocenters. The van der Waals surface area contributed by atoms with Crippen LogP contribution < -0.4 is 5.32 Å². The molecule has 3 aromatic heterocycles. The fraction of sp³-hybridized carbons (Fsp3) is 0.441. The zero-order valence-electron chi connectivity index (χ0n) is 26.9. The monoisotopic (exact) mass is 661 g/mol. The highest BCUT2D eigenvalue weighted by molar-refractivity contribution is 5.93. The highest BCUT2D eigenvalue weighted by Gasteiger charge is 2.36. The molecule has 256 valence electrons. The van der Waals surface area contributed by atoms with Gasteiger partial charge in [-0.2, -0.15) is 0 Å². The molecule has 4 rings (SSSR count). The predicted octanol–water partition coefficient (Wildman–Crippen LogP) is 2.02. The van der Waals surface area contributed by atoms with Crippen molar-refractivity contribution in [1.82, 2.24) is 35.0 Å². The molecule has 3 heterocycles. The maximum absolute atomic E-state index is 13.0. The molecular formula is C34H43N7O7. The van der Waals surface area contributed by atoms with Gasteiger partial charge in [0.25, 0.3) is 5.91 Å². The maximum atomic E-state index is 13.0. The first-order chi connectivity index (χ1) is 23.2. The number of aliphatic carboxylic acids is 3. The second-order valence-electron chi connectivity index (χ2n) is 11.9. The van der Waals surface area contributed by atoms with Crippen LogP contribution in [0.25, 0.3) is 0 Å². The number of amides is 1. The first-order valence-corrected chi connectivity index (χ1v) is 16.1. The van der Waals surface area contributed by atoms with Gasteiger partial charge in [0.15, 0.2) is 0 Å². The Morgan fingerprint density at radius 2 is 1.27 bits per heavy atom. The van der Waals surface area contributed by atoms with Crippen molar-refractivity contribution >= 4 is 23.8 Å². The van der Waals surface area contributed by atoms with E-state index < -0.39 is 37.0 Å². The van der Waals surface area contributed by atoms with Crippen molar-refractivity contribution in [3.8, 4) is 0 Å². The van der Waals surface area contributed by atoms with Crippen LogP contribution in [0.5, 0.6) is 0 Å². The van der Waals surface area contributed by atoms with Gasteiger partial charge in [-0.25, -0.2) is 0 Å². The van der Waals surface area contributed by atoms with E-state index in [-0.39, 0.29) is 25.0 Å². The highest BCUT2D eigenvalue weighted by Crippen LogP contribution is 2.28. The average Bonchev–Trinajstić information content (AvgIpc) is 3.07. The quantitative estimate of drug-likeness (QED) is 0.146. The number of aromatic nitrogens is 3. The first-order valence-electron chi connectivity index (χ1n) is 16.1. The molecule has 14 nitrogen and oxygen atoms in total. The standard InChI is InChI=1S/C34H43N7O7/c42-31(43)22-40(29-9-1-2-10-30(29)41(23-32(44)45)24-33(46)47)21-28-12-11-25(19-38-28)34(48)37-16-18-39(20-27-8-4-6-15-36-27)17-13-26-7-3-5-14-35-26/h3-8,11-12,14-15,19,29-30H,1-2,9-10,13,16-18,20-24H2,(H,37,48)(H,42,43)(H,44,45)(H,46,47). The molecule has 1 amide bonds. The minimum atomic E-state index is -1.15.